The Kier molecular flexibility index (Phi) is 6.44. The molecule has 0 aliphatic carbocycles. The van der Waals surface area contributed by atoms with Crippen LogP contribution in [0, 0.1) is 13.8 Å². The van der Waals surface area contributed by atoms with E-state index in [1.807, 2.05) is 12.1 Å². The first kappa shape index (κ1) is 18.9. The molecule has 4 nitrogen and oxygen atoms in total. The van der Waals surface area contributed by atoms with E-state index in [1.165, 1.54) is 22.3 Å². The molecule has 3 rings (SSSR count). The standard InChI is InChI=1S/C23H27N3O/c1-17-5-9-19(10-6-17)14-21(16-27)26-23-22(4-3-13-24-23)25-15-20-11-7-18(2)8-12-20/h3-13,21,25,27H,14-16H2,1-2H3,(H,24,26)/t21-/m0/s1. The van der Waals surface area contributed by atoms with Gasteiger partial charge < -0.3 is 15.7 Å². The van der Waals surface area contributed by atoms with E-state index in [-0.39, 0.29) is 12.6 Å². The number of nitrogens with one attached hydrogen (secondary N) is 2. The topological polar surface area (TPSA) is 57.2 Å². The minimum absolute atomic E-state index is 0.0435. The van der Waals surface area contributed by atoms with Gasteiger partial charge in [0, 0.05) is 12.7 Å². The van der Waals surface area contributed by atoms with E-state index in [1.54, 1.807) is 6.20 Å². The molecule has 0 fully saturated rings. The highest BCUT2D eigenvalue weighted by atomic mass is 16.3. The average molecular weight is 361 g/mol. The first-order valence-electron chi connectivity index (χ1n) is 9.31. The third kappa shape index (κ3) is 5.56. The van der Waals surface area contributed by atoms with Crippen LogP contribution in [-0.2, 0) is 13.0 Å². The molecule has 2 aromatic carbocycles. The monoisotopic (exact) mass is 361 g/mol. The maximum Gasteiger partial charge on any atom is 0.149 e. The molecule has 0 spiro atoms. The third-order valence-corrected chi connectivity index (χ3v) is 4.58. The number of rotatable bonds is 8. The number of anilines is 2. The first-order chi connectivity index (χ1) is 13.1. The lowest BCUT2D eigenvalue weighted by Gasteiger charge is -2.20. The van der Waals surface area contributed by atoms with Crippen LogP contribution in [0.3, 0.4) is 0 Å². The number of aliphatic hydroxyl groups excluding tert-OH is 1. The van der Waals surface area contributed by atoms with Crippen molar-refractivity contribution >= 4 is 11.5 Å². The van der Waals surface area contributed by atoms with Crippen LogP contribution in [0.4, 0.5) is 11.5 Å². The Hall–Kier alpha value is -2.85. The predicted molar refractivity (Wildman–Crippen MR) is 112 cm³/mol. The summed E-state index contributed by atoms with van der Waals surface area (Å²) in [6.45, 7) is 4.93. The maximum absolute atomic E-state index is 9.82. The van der Waals surface area contributed by atoms with E-state index >= 15 is 0 Å². The molecule has 3 aromatic rings. The quantitative estimate of drug-likeness (QED) is 0.559. The van der Waals surface area contributed by atoms with Gasteiger partial charge in [-0.15, -0.1) is 0 Å². The molecular weight excluding hydrogens is 334 g/mol. The van der Waals surface area contributed by atoms with Gasteiger partial charge >= 0.3 is 0 Å². The molecule has 0 saturated carbocycles. The number of pyridine rings is 1. The van der Waals surface area contributed by atoms with Crippen molar-refractivity contribution in [2.24, 2.45) is 0 Å². The fourth-order valence-corrected chi connectivity index (χ4v) is 2.93. The van der Waals surface area contributed by atoms with E-state index < -0.39 is 0 Å². The van der Waals surface area contributed by atoms with Gasteiger partial charge in [-0.25, -0.2) is 4.98 Å². The summed E-state index contributed by atoms with van der Waals surface area (Å²) in [7, 11) is 0. The summed E-state index contributed by atoms with van der Waals surface area (Å²) in [5.41, 5.74) is 5.83. The van der Waals surface area contributed by atoms with E-state index in [0.29, 0.717) is 0 Å². The molecule has 1 heterocycles. The molecule has 0 unspecified atom stereocenters. The zero-order valence-electron chi connectivity index (χ0n) is 15.9. The van der Waals surface area contributed by atoms with Crippen molar-refractivity contribution in [3.05, 3.63) is 89.1 Å². The minimum Gasteiger partial charge on any atom is -0.394 e. The lowest BCUT2D eigenvalue weighted by atomic mass is 10.0. The Morgan fingerprint density at radius 3 is 2.15 bits per heavy atom. The zero-order valence-corrected chi connectivity index (χ0v) is 15.9. The van der Waals surface area contributed by atoms with Crippen molar-refractivity contribution in [2.75, 3.05) is 17.2 Å². The second-order valence-corrected chi connectivity index (χ2v) is 6.95. The second kappa shape index (κ2) is 9.19. The molecule has 3 N–H and O–H groups in total. The van der Waals surface area contributed by atoms with Crippen molar-refractivity contribution in [3.63, 3.8) is 0 Å². The summed E-state index contributed by atoms with van der Waals surface area (Å²) >= 11 is 0. The van der Waals surface area contributed by atoms with E-state index in [0.717, 1.165) is 24.5 Å². The van der Waals surface area contributed by atoms with Gasteiger partial charge in [0.05, 0.1) is 18.3 Å². The van der Waals surface area contributed by atoms with Crippen LogP contribution >= 0.6 is 0 Å². The lowest BCUT2D eigenvalue weighted by molar-refractivity contribution is 0.273. The Labute approximate surface area is 161 Å². The zero-order chi connectivity index (χ0) is 19.1. The molecule has 0 saturated heterocycles. The number of hydrogen-bond acceptors (Lipinski definition) is 4. The molecule has 1 aromatic heterocycles. The molecule has 140 valence electrons. The predicted octanol–water partition coefficient (Wildman–Crippen LogP) is 4.33. The van der Waals surface area contributed by atoms with Gasteiger partial charge in [0.25, 0.3) is 0 Å². The van der Waals surface area contributed by atoms with Crippen LogP contribution in [0.2, 0.25) is 0 Å². The number of aryl methyl sites for hydroxylation is 2. The van der Waals surface area contributed by atoms with Gasteiger partial charge in [0.2, 0.25) is 0 Å². The summed E-state index contributed by atoms with van der Waals surface area (Å²) < 4.78 is 0. The summed E-state index contributed by atoms with van der Waals surface area (Å²) in [5.74, 6) is 0.760. The number of aliphatic hydroxyl groups is 1. The van der Waals surface area contributed by atoms with Gasteiger partial charge in [0.15, 0.2) is 0 Å². The van der Waals surface area contributed by atoms with Crippen molar-refractivity contribution in [1.82, 2.24) is 4.98 Å². The Balaban J connectivity index is 1.66. The van der Waals surface area contributed by atoms with Crippen LogP contribution < -0.4 is 10.6 Å². The highest BCUT2D eigenvalue weighted by molar-refractivity contribution is 5.64. The molecule has 27 heavy (non-hydrogen) atoms. The fourth-order valence-electron chi connectivity index (χ4n) is 2.93. The molecule has 1 atom stereocenters. The largest absolute Gasteiger partial charge is 0.394 e. The molecule has 0 aliphatic heterocycles. The Morgan fingerprint density at radius 1 is 0.889 bits per heavy atom. The van der Waals surface area contributed by atoms with Crippen LogP contribution in [0.1, 0.15) is 22.3 Å². The van der Waals surface area contributed by atoms with Crippen molar-refractivity contribution < 1.29 is 5.11 Å². The molecular formula is C23H27N3O. The molecule has 0 bridgehead atoms. The number of benzene rings is 2. The summed E-state index contributed by atoms with van der Waals surface area (Å²) in [6, 6.07) is 20.7. The molecule has 0 aliphatic rings. The van der Waals surface area contributed by atoms with Gasteiger partial charge in [-0.05, 0) is 43.5 Å². The van der Waals surface area contributed by atoms with E-state index in [4.69, 9.17) is 0 Å². The average Bonchev–Trinajstić information content (AvgIpc) is 2.69. The SMILES string of the molecule is Cc1ccc(CNc2cccnc2N[C@H](CO)Cc2ccc(C)cc2)cc1. The molecule has 4 heteroatoms. The van der Waals surface area contributed by atoms with E-state index in [9.17, 15) is 5.11 Å². The highest BCUT2D eigenvalue weighted by Gasteiger charge is 2.12. The first-order valence-corrected chi connectivity index (χ1v) is 9.31. The molecule has 0 radical (unpaired) electrons. The van der Waals surface area contributed by atoms with Crippen LogP contribution in [0.15, 0.2) is 66.9 Å². The second-order valence-electron chi connectivity index (χ2n) is 6.95. The normalized spacial score (nSPS) is 11.8. The van der Waals surface area contributed by atoms with Crippen molar-refractivity contribution in [1.29, 1.82) is 0 Å². The van der Waals surface area contributed by atoms with Gasteiger partial charge in [-0.1, -0.05) is 59.7 Å². The number of nitrogens with zero attached hydrogens (tertiary/aromatic N) is 1. The minimum atomic E-state index is -0.0949. The van der Waals surface area contributed by atoms with Gasteiger partial charge in [-0.3, -0.25) is 0 Å². The highest BCUT2D eigenvalue weighted by Crippen LogP contribution is 2.21. The maximum atomic E-state index is 9.82. The summed E-state index contributed by atoms with van der Waals surface area (Å²) in [6.07, 6.45) is 2.50. The van der Waals surface area contributed by atoms with Gasteiger partial charge in [-0.2, -0.15) is 0 Å². The number of hydrogen-bond donors (Lipinski definition) is 3. The van der Waals surface area contributed by atoms with Crippen LogP contribution in [0.5, 0.6) is 0 Å². The Bertz CT molecular complexity index is 844. The molecule has 0 amide bonds. The lowest BCUT2D eigenvalue weighted by Crippen LogP contribution is -2.27. The van der Waals surface area contributed by atoms with Crippen molar-refractivity contribution in [3.8, 4) is 0 Å². The van der Waals surface area contributed by atoms with Crippen molar-refractivity contribution in [2.45, 2.75) is 32.9 Å². The van der Waals surface area contributed by atoms with Gasteiger partial charge in [0.1, 0.15) is 5.82 Å². The third-order valence-electron chi connectivity index (χ3n) is 4.58. The summed E-state index contributed by atoms with van der Waals surface area (Å²) in [5, 5.41) is 16.6. The van der Waals surface area contributed by atoms with Crippen LogP contribution in [0.25, 0.3) is 0 Å². The fraction of sp³-hybridized carbons (Fsp3) is 0.261. The van der Waals surface area contributed by atoms with Crippen LogP contribution in [-0.4, -0.2) is 22.7 Å². The van der Waals surface area contributed by atoms with E-state index in [2.05, 4.69) is 78.0 Å². The number of aromatic nitrogens is 1. The summed E-state index contributed by atoms with van der Waals surface area (Å²) in [4.78, 5) is 4.46. The smallest absolute Gasteiger partial charge is 0.149 e. The Morgan fingerprint density at radius 2 is 1.52 bits per heavy atom.